The summed E-state index contributed by atoms with van der Waals surface area (Å²) in [5.41, 5.74) is 0.701. The van der Waals surface area contributed by atoms with Gasteiger partial charge >= 0.3 is 0 Å². The highest BCUT2D eigenvalue weighted by atomic mass is 32.2. The zero-order valence-corrected chi connectivity index (χ0v) is 11.8. The van der Waals surface area contributed by atoms with Crippen LogP contribution in [-0.4, -0.2) is 24.5 Å². The summed E-state index contributed by atoms with van der Waals surface area (Å²) in [7, 11) is 0. The molecule has 0 heterocycles. The van der Waals surface area contributed by atoms with Gasteiger partial charge in [0.15, 0.2) is 0 Å². The van der Waals surface area contributed by atoms with Crippen molar-refractivity contribution in [3.8, 4) is 0 Å². The van der Waals surface area contributed by atoms with Crippen LogP contribution in [-0.2, 0) is 0 Å². The number of hydrogen-bond acceptors (Lipinski definition) is 3. The fraction of sp³-hybridized carbons (Fsp3) is 0.462. The van der Waals surface area contributed by atoms with Crippen molar-refractivity contribution in [1.82, 2.24) is 5.32 Å². The summed E-state index contributed by atoms with van der Waals surface area (Å²) >= 11 is 6.05. The topological polar surface area (TPSA) is 29.1 Å². The number of thioether (sulfide) groups is 1. The third-order valence-corrected chi connectivity index (χ3v) is 3.44. The number of carbonyl (C=O) groups excluding carboxylic acids is 1. The van der Waals surface area contributed by atoms with Crippen LogP contribution in [0.4, 0.5) is 0 Å². The zero-order valence-electron chi connectivity index (χ0n) is 10.1. The molecule has 0 saturated carbocycles. The molecule has 0 spiro atoms. The van der Waals surface area contributed by atoms with Gasteiger partial charge in [-0.1, -0.05) is 6.42 Å². The molecule has 94 valence electrons. The molecule has 0 unspecified atom stereocenters. The molecule has 0 fully saturated rings. The first kappa shape index (κ1) is 14.5. The van der Waals surface area contributed by atoms with Gasteiger partial charge in [0.25, 0.3) is 5.91 Å². The monoisotopic (exact) mass is 269 g/mol. The van der Waals surface area contributed by atoms with E-state index in [0.29, 0.717) is 5.56 Å². The number of hydrogen-bond donors (Lipinski definition) is 2. The molecule has 0 aliphatic carbocycles. The maximum Gasteiger partial charge on any atom is 0.251 e. The van der Waals surface area contributed by atoms with Crippen LogP contribution in [0.5, 0.6) is 0 Å². The van der Waals surface area contributed by atoms with E-state index in [4.69, 9.17) is 0 Å². The van der Waals surface area contributed by atoms with Crippen molar-refractivity contribution in [3.05, 3.63) is 29.8 Å². The maximum atomic E-state index is 11.7. The van der Waals surface area contributed by atoms with Gasteiger partial charge in [0.2, 0.25) is 0 Å². The minimum absolute atomic E-state index is 0.00296. The van der Waals surface area contributed by atoms with E-state index in [1.807, 2.05) is 23.9 Å². The normalized spacial score (nSPS) is 10.2. The van der Waals surface area contributed by atoms with Gasteiger partial charge in [-0.3, -0.25) is 4.79 Å². The molecule has 1 aromatic rings. The molecule has 0 radical (unpaired) electrons. The lowest BCUT2D eigenvalue weighted by atomic mass is 10.2. The van der Waals surface area contributed by atoms with Crippen molar-refractivity contribution in [2.75, 3.05) is 18.6 Å². The van der Waals surface area contributed by atoms with Crippen LogP contribution in [0.2, 0.25) is 0 Å². The van der Waals surface area contributed by atoms with Crippen molar-refractivity contribution >= 4 is 30.3 Å². The molecule has 0 bridgehead atoms. The first-order valence-corrected chi connectivity index (χ1v) is 7.64. The number of rotatable bonds is 7. The van der Waals surface area contributed by atoms with Gasteiger partial charge in [-0.25, -0.2) is 0 Å². The van der Waals surface area contributed by atoms with E-state index in [0.717, 1.165) is 17.9 Å². The molecule has 1 aromatic carbocycles. The third-order valence-electron chi connectivity index (χ3n) is 2.44. The Morgan fingerprint density at radius 1 is 1.24 bits per heavy atom. The lowest BCUT2D eigenvalue weighted by Crippen LogP contribution is -2.24. The summed E-state index contributed by atoms with van der Waals surface area (Å²) in [6.07, 6.45) is 5.58. The summed E-state index contributed by atoms with van der Waals surface area (Å²) in [5.74, 6) is 1.21. The molecule has 4 heteroatoms. The van der Waals surface area contributed by atoms with Crippen LogP contribution < -0.4 is 5.32 Å². The molecule has 1 amide bonds. The summed E-state index contributed by atoms with van der Waals surface area (Å²) in [6, 6.07) is 7.25. The minimum Gasteiger partial charge on any atom is -0.352 e. The highest BCUT2D eigenvalue weighted by Gasteiger charge is 2.03. The van der Waals surface area contributed by atoms with E-state index in [1.54, 1.807) is 12.1 Å². The molecule has 2 nitrogen and oxygen atoms in total. The predicted molar refractivity (Wildman–Crippen MR) is 78.3 cm³/mol. The van der Waals surface area contributed by atoms with Gasteiger partial charge in [0, 0.05) is 17.0 Å². The quantitative estimate of drug-likeness (QED) is 0.588. The Kier molecular flexibility index (Phi) is 7.21. The molecule has 0 saturated heterocycles. The highest BCUT2D eigenvalue weighted by Crippen LogP contribution is 2.07. The SMILES string of the molecule is CSCCCCCNC(=O)c1ccc(S)cc1. The Balaban J connectivity index is 2.19. The van der Waals surface area contributed by atoms with Crippen LogP contribution in [0.15, 0.2) is 29.2 Å². The van der Waals surface area contributed by atoms with Gasteiger partial charge in [0.1, 0.15) is 0 Å². The summed E-state index contributed by atoms with van der Waals surface area (Å²) in [6.45, 7) is 0.760. The molecule has 0 aliphatic heterocycles. The van der Waals surface area contributed by atoms with E-state index >= 15 is 0 Å². The molecular formula is C13H19NOS2. The Morgan fingerprint density at radius 2 is 1.94 bits per heavy atom. The van der Waals surface area contributed by atoms with Crippen molar-refractivity contribution in [2.45, 2.75) is 24.2 Å². The van der Waals surface area contributed by atoms with Crippen LogP contribution in [0, 0.1) is 0 Å². The van der Waals surface area contributed by atoms with Crippen LogP contribution in [0.25, 0.3) is 0 Å². The largest absolute Gasteiger partial charge is 0.352 e. The van der Waals surface area contributed by atoms with Crippen LogP contribution >= 0.6 is 24.4 Å². The molecule has 0 aliphatic rings. The smallest absolute Gasteiger partial charge is 0.251 e. The molecular weight excluding hydrogens is 250 g/mol. The minimum atomic E-state index is 0.00296. The second-order valence-corrected chi connectivity index (χ2v) is 5.36. The van der Waals surface area contributed by atoms with Crippen LogP contribution in [0.1, 0.15) is 29.6 Å². The van der Waals surface area contributed by atoms with E-state index in [9.17, 15) is 4.79 Å². The van der Waals surface area contributed by atoms with Crippen molar-refractivity contribution in [3.63, 3.8) is 0 Å². The number of benzene rings is 1. The Bertz CT molecular complexity index is 338. The average molecular weight is 269 g/mol. The number of amides is 1. The van der Waals surface area contributed by atoms with Crippen molar-refractivity contribution in [2.24, 2.45) is 0 Å². The zero-order chi connectivity index (χ0) is 12.5. The van der Waals surface area contributed by atoms with Crippen molar-refractivity contribution in [1.29, 1.82) is 0 Å². The second-order valence-electron chi connectivity index (χ2n) is 3.86. The van der Waals surface area contributed by atoms with Crippen molar-refractivity contribution < 1.29 is 4.79 Å². The van der Waals surface area contributed by atoms with E-state index in [1.165, 1.54) is 18.6 Å². The first-order valence-electron chi connectivity index (χ1n) is 5.80. The Morgan fingerprint density at radius 3 is 2.59 bits per heavy atom. The predicted octanol–water partition coefficient (Wildman–Crippen LogP) is 3.24. The fourth-order valence-corrected chi connectivity index (χ4v) is 2.11. The standard InChI is InChI=1S/C13H19NOS2/c1-17-10-4-2-3-9-14-13(15)11-5-7-12(16)8-6-11/h5-8,16H,2-4,9-10H2,1H3,(H,14,15). The molecule has 17 heavy (non-hydrogen) atoms. The van der Waals surface area contributed by atoms with Gasteiger partial charge in [-0.15, -0.1) is 12.6 Å². The Hall–Kier alpha value is -0.610. The average Bonchev–Trinajstić information content (AvgIpc) is 2.34. The number of carbonyl (C=O) groups is 1. The lowest BCUT2D eigenvalue weighted by Gasteiger charge is -2.05. The molecule has 0 aromatic heterocycles. The van der Waals surface area contributed by atoms with Gasteiger partial charge in [-0.2, -0.15) is 11.8 Å². The van der Waals surface area contributed by atoms with Gasteiger partial charge in [0.05, 0.1) is 0 Å². The number of nitrogens with one attached hydrogen (secondary N) is 1. The van der Waals surface area contributed by atoms with E-state index < -0.39 is 0 Å². The lowest BCUT2D eigenvalue weighted by molar-refractivity contribution is 0.0953. The highest BCUT2D eigenvalue weighted by molar-refractivity contribution is 7.98. The maximum absolute atomic E-state index is 11.7. The summed E-state index contributed by atoms with van der Waals surface area (Å²) < 4.78 is 0. The van der Waals surface area contributed by atoms with E-state index in [2.05, 4.69) is 24.2 Å². The number of thiol groups is 1. The fourth-order valence-electron chi connectivity index (χ4n) is 1.46. The molecule has 1 N–H and O–H groups in total. The van der Waals surface area contributed by atoms with E-state index in [-0.39, 0.29) is 5.91 Å². The molecule has 1 rings (SSSR count). The number of unbranched alkanes of at least 4 members (excludes halogenated alkanes) is 2. The first-order chi connectivity index (χ1) is 8.24. The second kappa shape index (κ2) is 8.48. The summed E-state index contributed by atoms with van der Waals surface area (Å²) in [5, 5.41) is 2.92. The molecule has 0 atom stereocenters. The van der Waals surface area contributed by atoms with Crippen LogP contribution in [0.3, 0.4) is 0 Å². The third kappa shape index (κ3) is 6.03. The van der Waals surface area contributed by atoms with Gasteiger partial charge in [-0.05, 0) is 49.1 Å². The summed E-state index contributed by atoms with van der Waals surface area (Å²) in [4.78, 5) is 12.6. The Labute approximate surface area is 113 Å². The van der Waals surface area contributed by atoms with Gasteiger partial charge < -0.3 is 5.32 Å².